The lowest BCUT2D eigenvalue weighted by Crippen LogP contribution is -2.76. The number of ether oxygens (including phenoxy) is 1. The third-order valence-corrected chi connectivity index (χ3v) is 9.63. The van der Waals surface area contributed by atoms with Crippen LogP contribution in [0.25, 0.3) is 0 Å². The third-order valence-electron chi connectivity index (χ3n) is 9.63. The molecule has 0 unspecified atom stereocenters. The number of piperidine rings is 1. The van der Waals surface area contributed by atoms with Crippen LogP contribution in [0.5, 0.6) is 11.5 Å². The monoisotopic (exact) mass is 558 g/mol. The van der Waals surface area contributed by atoms with Crippen LogP contribution in [0.3, 0.4) is 0 Å². The standard InChI is InChI=1S/C17H19NO4.C15H15NO3/c1-18-7-6-16-13-9-2-3-10(19)14(13)22-15(16)11(20)4-5-17(16,21)12(18)8-9;1-10-3-5-11(6-4-10)15(19)13-8-7-12(16(13)2)9-14(17)18/h2-3,12,15,19,21H,4-8H2,1H3;3-8H,9H2,1-2H3,(H,17,18)/t12-,15+,16+,17-;/m1./s1. The van der Waals surface area contributed by atoms with Gasteiger partial charge in [-0.05, 0) is 63.5 Å². The number of hydrogen-bond donors (Lipinski definition) is 3. The van der Waals surface area contributed by atoms with Gasteiger partial charge >= 0.3 is 5.97 Å². The van der Waals surface area contributed by atoms with Gasteiger partial charge in [0.25, 0.3) is 0 Å². The van der Waals surface area contributed by atoms with Crippen molar-refractivity contribution in [2.45, 2.75) is 62.2 Å². The maximum Gasteiger partial charge on any atom is 0.309 e. The predicted octanol–water partition coefficient (Wildman–Crippen LogP) is 2.94. The van der Waals surface area contributed by atoms with Gasteiger partial charge in [-0.15, -0.1) is 0 Å². The topological polar surface area (TPSA) is 129 Å². The number of aromatic hydroxyl groups is 1. The van der Waals surface area contributed by atoms with Crippen LogP contribution in [-0.2, 0) is 34.9 Å². The molecule has 9 nitrogen and oxygen atoms in total. The molecule has 1 saturated heterocycles. The summed E-state index contributed by atoms with van der Waals surface area (Å²) in [5, 5.41) is 30.6. The summed E-state index contributed by atoms with van der Waals surface area (Å²) in [6.07, 6.45) is 1.52. The number of nitrogens with zero attached hydrogens (tertiary/aromatic N) is 2. The zero-order chi connectivity index (χ0) is 29.3. The average molecular weight is 559 g/mol. The number of carbonyl (C=O) groups is 3. The molecular formula is C32H34N2O7. The number of Topliss-reactive ketones (excluding diaryl/α,β-unsaturated/α-hetero) is 1. The minimum absolute atomic E-state index is 0.00319. The number of hydrogen-bond acceptors (Lipinski definition) is 7. The molecule has 4 aliphatic rings. The van der Waals surface area contributed by atoms with E-state index in [2.05, 4.69) is 4.90 Å². The van der Waals surface area contributed by atoms with Crippen molar-refractivity contribution in [1.29, 1.82) is 0 Å². The fourth-order valence-corrected chi connectivity index (χ4v) is 7.50. The Hall–Kier alpha value is -3.95. The highest BCUT2D eigenvalue weighted by Crippen LogP contribution is 2.64. The summed E-state index contributed by atoms with van der Waals surface area (Å²) in [6, 6.07) is 14.2. The number of aryl methyl sites for hydroxylation is 1. The first kappa shape index (κ1) is 27.2. The number of phenols is 1. The van der Waals surface area contributed by atoms with Gasteiger partial charge < -0.3 is 29.5 Å². The zero-order valence-corrected chi connectivity index (χ0v) is 23.4. The van der Waals surface area contributed by atoms with Crippen molar-refractivity contribution in [3.8, 4) is 11.5 Å². The summed E-state index contributed by atoms with van der Waals surface area (Å²) in [7, 11) is 3.75. The highest BCUT2D eigenvalue weighted by molar-refractivity contribution is 6.08. The van der Waals surface area contributed by atoms with Gasteiger partial charge in [-0.1, -0.05) is 35.9 Å². The van der Waals surface area contributed by atoms with Crippen LogP contribution >= 0.6 is 0 Å². The van der Waals surface area contributed by atoms with Gasteiger partial charge in [0.2, 0.25) is 5.78 Å². The molecule has 2 fully saturated rings. The summed E-state index contributed by atoms with van der Waals surface area (Å²) in [5.41, 5.74) is 3.18. The number of carboxylic acids is 1. The molecule has 3 N–H and O–H groups in total. The molecule has 2 bridgehead atoms. The number of carbonyl (C=O) groups excluding carboxylic acids is 2. The summed E-state index contributed by atoms with van der Waals surface area (Å²) in [5.74, 6) is -0.444. The van der Waals surface area contributed by atoms with Gasteiger partial charge in [-0.25, -0.2) is 0 Å². The number of likely N-dealkylation sites (N-methyl/N-ethyl adjacent to an activating group) is 1. The first-order valence-corrected chi connectivity index (χ1v) is 13.9. The number of ketones is 2. The Bertz CT molecular complexity index is 1580. The molecule has 0 amide bonds. The molecule has 1 spiro atoms. The number of phenolic OH excluding ortho intramolecular Hbond substituents is 1. The van der Waals surface area contributed by atoms with Crippen LogP contribution in [0.15, 0.2) is 48.5 Å². The lowest BCUT2D eigenvalue weighted by Gasteiger charge is -2.61. The average Bonchev–Trinajstić information content (AvgIpc) is 3.48. The molecule has 7 rings (SSSR count). The van der Waals surface area contributed by atoms with Crippen LogP contribution in [0, 0.1) is 6.92 Å². The highest BCUT2D eigenvalue weighted by atomic mass is 16.5. The second-order valence-electron chi connectivity index (χ2n) is 11.8. The third kappa shape index (κ3) is 3.94. The lowest BCUT2D eigenvalue weighted by molar-refractivity contribution is -0.185. The normalized spacial score (nSPS) is 27.4. The number of likely N-dealkylation sites (tertiary alicyclic amines) is 1. The molecule has 214 valence electrons. The Morgan fingerprint density at radius 3 is 2.49 bits per heavy atom. The van der Waals surface area contributed by atoms with Crippen LogP contribution in [0.2, 0.25) is 0 Å². The molecule has 1 saturated carbocycles. The highest BCUT2D eigenvalue weighted by Gasteiger charge is 2.72. The molecule has 0 radical (unpaired) electrons. The Balaban J connectivity index is 0.000000150. The molecular weight excluding hydrogens is 524 g/mol. The fourth-order valence-electron chi connectivity index (χ4n) is 7.50. The van der Waals surface area contributed by atoms with Crippen molar-refractivity contribution in [1.82, 2.24) is 9.47 Å². The van der Waals surface area contributed by atoms with Gasteiger partial charge in [-0.3, -0.25) is 14.4 Å². The summed E-state index contributed by atoms with van der Waals surface area (Å²) in [6.45, 7) is 2.79. The van der Waals surface area contributed by atoms with Crippen LogP contribution < -0.4 is 4.74 Å². The van der Waals surface area contributed by atoms with Crippen molar-refractivity contribution in [3.05, 3.63) is 82.2 Å². The molecule has 4 atom stereocenters. The molecule has 3 heterocycles. The smallest absolute Gasteiger partial charge is 0.309 e. The summed E-state index contributed by atoms with van der Waals surface area (Å²) < 4.78 is 7.58. The Kier molecular flexibility index (Phi) is 6.35. The molecule has 2 aromatic carbocycles. The van der Waals surface area contributed by atoms with E-state index in [1.807, 2.05) is 32.2 Å². The largest absolute Gasteiger partial charge is 0.504 e. The van der Waals surface area contributed by atoms with E-state index in [9.17, 15) is 24.6 Å². The van der Waals surface area contributed by atoms with Crippen molar-refractivity contribution >= 4 is 17.5 Å². The van der Waals surface area contributed by atoms with Crippen molar-refractivity contribution in [2.75, 3.05) is 13.6 Å². The SMILES string of the molecule is CN1CC[C@]23c4c5ccc(O)c4O[C@H]2C(=O)CC[C@@]3(O)[C@H]1C5.Cc1ccc(C(=O)c2ccc(CC(=O)O)n2C)cc1. The first-order valence-electron chi connectivity index (χ1n) is 13.9. The molecule has 1 aromatic heterocycles. The van der Waals surface area contributed by atoms with Crippen molar-refractivity contribution in [2.24, 2.45) is 7.05 Å². The Labute approximate surface area is 238 Å². The fraction of sp³-hybridized carbons (Fsp3) is 0.406. The van der Waals surface area contributed by atoms with E-state index in [-0.39, 0.29) is 29.8 Å². The molecule has 41 heavy (non-hydrogen) atoms. The maximum atomic E-state index is 12.5. The van der Waals surface area contributed by atoms with E-state index in [0.29, 0.717) is 42.0 Å². The Morgan fingerprint density at radius 2 is 1.78 bits per heavy atom. The lowest BCUT2D eigenvalue weighted by atomic mass is 9.49. The number of aromatic nitrogens is 1. The second kappa shape index (κ2) is 9.56. The van der Waals surface area contributed by atoms with E-state index in [0.717, 1.165) is 29.7 Å². The van der Waals surface area contributed by atoms with Gasteiger partial charge in [-0.2, -0.15) is 0 Å². The summed E-state index contributed by atoms with van der Waals surface area (Å²) >= 11 is 0. The molecule has 2 aliphatic heterocycles. The van der Waals surface area contributed by atoms with Gasteiger partial charge in [0, 0.05) is 36.3 Å². The molecule has 2 aliphatic carbocycles. The van der Waals surface area contributed by atoms with Gasteiger partial charge in [0.1, 0.15) is 0 Å². The summed E-state index contributed by atoms with van der Waals surface area (Å²) in [4.78, 5) is 37.8. The molecule has 9 heteroatoms. The number of carboxylic acid groups (broad SMARTS) is 1. The number of aliphatic carboxylic acids is 1. The van der Waals surface area contributed by atoms with Crippen LogP contribution in [0.1, 0.15) is 57.7 Å². The van der Waals surface area contributed by atoms with E-state index in [1.165, 1.54) is 0 Å². The van der Waals surface area contributed by atoms with Crippen molar-refractivity contribution < 1.29 is 34.4 Å². The van der Waals surface area contributed by atoms with Crippen LogP contribution in [0.4, 0.5) is 0 Å². The quantitative estimate of drug-likeness (QED) is 0.417. The van der Waals surface area contributed by atoms with Crippen LogP contribution in [-0.4, -0.2) is 73.7 Å². The minimum Gasteiger partial charge on any atom is -0.504 e. The zero-order valence-electron chi connectivity index (χ0n) is 23.4. The molecule has 3 aromatic rings. The number of benzene rings is 2. The van der Waals surface area contributed by atoms with E-state index in [4.69, 9.17) is 9.84 Å². The Morgan fingerprint density at radius 1 is 1.05 bits per heavy atom. The number of aliphatic hydroxyl groups is 1. The van der Waals surface area contributed by atoms with Gasteiger partial charge in [0.05, 0.1) is 23.1 Å². The minimum atomic E-state index is -0.954. The van der Waals surface area contributed by atoms with E-state index >= 15 is 0 Å². The first-order chi connectivity index (χ1) is 19.5. The number of rotatable bonds is 4. The second-order valence-corrected chi connectivity index (χ2v) is 11.8. The van der Waals surface area contributed by atoms with E-state index < -0.39 is 23.1 Å². The van der Waals surface area contributed by atoms with E-state index in [1.54, 1.807) is 41.9 Å². The predicted molar refractivity (Wildman–Crippen MR) is 149 cm³/mol. The van der Waals surface area contributed by atoms with Gasteiger partial charge in [0.15, 0.2) is 23.4 Å². The van der Waals surface area contributed by atoms with Crippen molar-refractivity contribution in [3.63, 3.8) is 0 Å². The maximum absolute atomic E-state index is 12.5.